The molecule has 26 heavy (non-hydrogen) atoms. The number of anilines is 1. The van der Waals surface area contributed by atoms with E-state index in [1.54, 1.807) is 0 Å². The normalized spacial score (nSPS) is 22.9. The van der Waals surface area contributed by atoms with Gasteiger partial charge in [0.25, 0.3) is 10.2 Å². The molecule has 2 heterocycles. The lowest BCUT2D eigenvalue weighted by atomic mass is 9.98. The summed E-state index contributed by atoms with van der Waals surface area (Å²) in [6.45, 7) is 1.60. The number of hydrogen-bond acceptors (Lipinski definition) is 4. The summed E-state index contributed by atoms with van der Waals surface area (Å²) in [6, 6.07) is 2.79. The Labute approximate surface area is 151 Å². The van der Waals surface area contributed by atoms with Gasteiger partial charge in [-0.3, -0.25) is 4.79 Å². The van der Waals surface area contributed by atoms with Gasteiger partial charge in [-0.25, -0.2) is 8.78 Å². The molecule has 1 aromatic carbocycles. The summed E-state index contributed by atoms with van der Waals surface area (Å²) in [5, 5.41) is 2.36. The minimum Gasteiger partial charge on any atom is -0.379 e. The molecule has 1 aromatic rings. The number of benzene rings is 1. The smallest absolute Gasteiger partial charge is 0.282 e. The predicted molar refractivity (Wildman–Crippen MR) is 90.6 cm³/mol. The fourth-order valence-corrected chi connectivity index (χ4v) is 4.80. The molecule has 1 amide bonds. The molecule has 2 aliphatic rings. The zero-order chi connectivity index (χ0) is 18.7. The standard InChI is InChI=1S/C16H21F2N3O4S/c17-13-3-4-14(18)15(10-13)19-16(22)12-2-1-5-21(11-12)26(23,24)20-6-8-25-9-7-20/h3-4,10,12H,1-2,5-9,11H2,(H,19,22). The summed E-state index contributed by atoms with van der Waals surface area (Å²) < 4.78 is 60.2. The molecule has 2 fully saturated rings. The van der Waals surface area contributed by atoms with E-state index in [0.717, 1.165) is 18.2 Å². The summed E-state index contributed by atoms with van der Waals surface area (Å²) in [4.78, 5) is 12.4. The van der Waals surface area contributed by atoms with Gasteiger partial charge in [-0.05, 0) is 25.0 Å². The summed E-state index contributed by atoms with van der Waals surface area (Å²) in [5.74, 6) is -2.55. The van der Waals surface area contributed by atoms with Crippen molar-refractivity contribution in [3.05, 3.63) is 29.8 Å². The van der Waals surface area contributed by atoms with Gasteiger partial charge < -0.3 is 10.1 Å². The van der Waals surface area contributed by atoms with Gasteiger partial charge in [0, 0.05) is 32.2 Å². The molecule has 1 atom stereocenters. The molecule has 0 aliphatic carbocycles. The van der Waals surface area contributed by atoms with Gasteiger partial charge in [0.2, 0.25) is 5.91 Å². The van der Waals surface area contributed by atoms with Crippen molar-refractivity contribution in [2.45, 2.75) is 12.8 Å². The predicted octanol–water partition coefficient (Wildman–Crippen LogP) is 1.19. The maximum absolute atomic E-state index is 13.7. The van der Waals surface area contributed by atoms with E-state index in [4.69, 9.17) is 4.74 Å². The third kappa shape index (κ3) is 4.20. The first kappa shape index (κ1) is 19.2. The van der Waals surface area contributed by atoms with Crippen LogP contribution in [0.15, 0.2) is 18.2 Å². The molecule has 0 saturated carbocycles. The van der Waals surface area contributed by atoms with Gasteiger partial charge >= 0.3 is 0 Å². The largest absolute Gasteiger partial charge is 0.379 e. The van der Waals surface area contributed by atoms with Crippen LogP contribution in [0.4, 0.5) is 14.5 Å². The highest BCUT2D eigenvalue weighted by atomic mass is 32.2. The fourth-order valence-electron chi connectivity index (χ4n) is 3.13. The first-order valence-corrected chi connectivity index (χ1v) is 9.86. The third-order valence-corrected chi connectivity index (χ3v) is 6.57. The van der Waals surface area contributed by atoms with Crippen LogP contribution in [0, 0.1) is 17.6 Å². The molecular formula is C16H21F2N3O4S. The van der Waals surface area contributed by atoms with E-state index < -0.39 is 33.7 Å². The van der Waals surface area contributed by atoms with Crippen LogP contribution in [-0.2, 0) is 19.7 Å². The van der Waals surface area contributed by atoms with Gasteiger partial charge in [0.15, 0.2) is 0 Å². The fraction of sp³-hybridized carbons (Fsp3) is 0.562. The van der Waals surface area contributed by atoms with E-state index in [2.05, 4.69) is 5.32 Å². The van der Waals surface area contributed by atoms with Gasteiger partial charge in [-0.15, -0.1) is 0 Å². The number of carbonyl (C=O) groups excluding carboxylic acids is 1. The van der Waals surface area contributed by atoms with Crippen LogP contribution in [0.3, 0.4) is 0 Å². The minimum atomic E-state index is -3.67. The zero-order valence-corrected chi connectivity index (χ0v) is 15.0. The lowest BCUT2D eigenvalue weighted by Gasteiger charge is -2.36. The summed E-state index contributed by atoms with van der Waals surface area (Å²) in [7, 11) is -3.67. The van der Waals surface area contributed by atoms with Crippen molar-refractivity contribution in [1.29, 1.82) is 0 Å². The van der Waals surface area contributed by atoms with Crippen LogP contribution < -0.4 is 5.32 Å². The summed E-state index contributed by atoms with van der Waals surface area (Å²) >= 11 is 0. The van der Waals surface area contributed by atoms with Crippen LogP contribution >= 0.6 is 0 Å². The minimum absolute atomic E-state index is 0.0163. The second kappa shape index (κ2) is 7.95. The molecule has 1 N–H and O–H groups in total. The van der Waals surface area contributed by atoms with Crippen LogP contribution in [0.25, 0.3) is 0 Å². The number of nitrogens with one attached hydrogen (secondary N) is 1. The molecule has 10 heteroatoms. The lowest BCUT2D eigenvalue weighted by molar-refractivity contribution is -0.120. The Morgan fingerprint density at radius 3 is 2.62 bits per heavy atom. The summed E-state index contributed by atoms with van der Waals surface area (Å²) in [5.41, 5.74) is -0.247. The maximum atomic E-state index is 13.7. The molecule has 7 nitrogen and oxygen atoms in total. The average Bonchev–Trinajstić information content (AvgIpc) is 2.65. The number of amides is 1. The van der Waals surface area contributed by atoms with Crippen molar-refractivity contribution >= 4 is 21.8 Å². The molecule has 3 rings (SSSR count). The van der Waals surface area contributed by atoms with Gasteiger partial charge in [0.1, 0.15) is 11.6 Å². The highest BCUT2D eigenvalue weighted by Crippen LogP contribution is 2.24. The first-order valence-electron chi connectivity index (χ1n) is 8.47. The topological polar surface area (TPSA) is 79.0 Å². The van der Waals surface area contributed by atoms with E-state index in [0.29, 0.717) is 32.6 Å². The Bertz CT molecular complexity index is 769. The number of ether oxygens (including phenoxy) is 1. The van der Waals surface area contributed by atoms with Crippen molar-refractivity contribution in [2.24, 2.45) is 5.92 Å². The molecule has 1 unspecified atom stereocenters. The number of nitrogens with zero attached hydrogens (tertiary/aromatic N) is 2. The van der Waals surface area contributed by atoms with E-state index in [9.17, 15) is 22.0 Å². The maximum Gasteiger partial charge on any atom is 0.282 e. The van der Waals surface area contributed by atoms with Crippen molar-refractivity contribution < 1.29 is 26.7 Å². The molecular weight excluding hydrogens is 368 g/mol. The molecule has 0 aromatic heterocycles. The Balaban J connectivity index is 1.67. The van der Waals surface area contributed by atoms with Gasteiger partial charge in [-0.1, -0.05) is 0 Å². The number of morpholine rings is 1. The number of halogens is 2. The van der Waals surface area contributed by atoms with E-state index in [-0.39, 0.29) is 25.3 Å². The molecule has 0 bridgehead atoms. The number of hydrogen-bond donors (Lipinski definition) is 1. The number of rotatable bonds is 4. The summed E-state index contributed by atoms with van der Waals surface area (Å²) in [6.07, 6.45) is 1.01. The van der Waals surface area contributed by atoms with Gasteiger partial charge in [0.05, 0.1) is 24.8 Å². The SMILES string of the molecule is O=C(Nc1cc(F)ccc1F)C1CCCN(S(=O)(=O)N2CCOCC2)C1. The number of piperidine rings is 1. The van der Waals surface area contributed by atoms with E-state index in [1.807, 2.05) is 0 Å². The van der Waals surface area contributed by atoms with Crippen molar-refractivity contribution in [1.82, 2.24) is 8.61 Å². The lowest BCUT2D eigenvalue weighted by Crippen LogP contribution is -2.52. The third-order valence-electron chi connectivity index (χ3n) is 4.56. The highest BCUT2D eigenvalue weighted by molar-refractivity contribution is 7.86. The van der Waals surface area contributed by atoms with Gasteiger partial charge in [-0.2, -0.15) is 17.0 Å². The van der Waals surface area contributed by atoms with Crippen LogP contribution in [0.2, 0.25) is 0 Å². The molecule has 144 valence electrons. The molecule has 0 radical (unpaired) electrons. The Morgan fingerprint density at radius 2 is 1.88 bits per heavy atom. The number of carbonyl (C=O) groups is 1. The zero-order valence-electron chi connectivity index (χ0n) is 14.2. The average molecular weight is 389 g/mol. The first-order chi connectivity index (χ1) is 12.4. The van der Waals surface area contributed by atoms with Crippen LogP contribution in [0.5, 0.6) is 0 Å². The molecule has 0 spiro atoms. The van der Waals surface area contributed by atoms with E-state index >= 15 is 0 Å². The Kier molecular flexibility index (Phi) is 5.86. The molecule has 2 saturated heterocycles. The van der Waals surface area contributed by atoms with Crippen molar-refractivity contribution in [3.63, 3.8) is 0 Å². The monoisotopic (exact) mass is 389 g/mol. The van der Waals surface area contributed by atoms with Crippen molar-refractivity contribution in [3.8, 4) is 0 Å². The second-order valence-electron chi connectivity index (χ2n) is 6.33. The quantitative estimate of drug-likeness (QED) is 0.839. The Hall–Kier alpha value is -1.62. The second-order valence-corrected chi connectivity index (χ2v) is 8.26. The molecule has 2 aliphatic heterocycles. The van der Waals surface area contributed by atoms with Crippen LogP contribution in [-0.4, -0.2) is 62.3 Å². The van der Waals surface area contributed by atoms with Crippen LogP contribution in [0.1, 0.15) is 12.8 Å². The van der Waals surface area contributed by atoms with Crippen molar-refractivity contribution in [2.75, 3.05) is 44.7 Å². The highest BCUT2D eigenvalue weighted by Gasteiger charge is 2.36. The van der Waals surface area contributed by atoms with E-state index in [1.165, 1.54) is 8.61 Å². The Morgan fingerprint density at radius 1 is 1.15 bits per heavy atom.